The topological polar surface area (TPSA) is 136 Å². The first-order valence-corrected chi connectivity index (χ1v) is 18.3. The molecule has 0 spiro atoms. The van der Waals surface area contributed by atoms with Crippen LogP contribution in [0, 0.1) is 51.7 Å². The van der Waals surface area contributed by atoms with Gasteiger partial charge in [0.15, 0.2) is 28.1 Å². The molecule has 3 aromatic rings. The number of pyridine rings is 3. The molecule has 0 saturated carbocycles. The van der Waals surface area contributed by atoms with E-state index in [1.54, 1.807) is 12.1 Å². The Morgan fingerprint density at radius 3 is 1.16 bits per heavy atom. The molecule has 0 atom stereocenters. The molecule has 0 fully saturated rings. The number of nitriles is 3. The van der Waals surface area contributed by atoms with Gasteiger partial charge < -0.3 is 0 Å². The van der Waals surface area contributed by atoms with Crippen LogP contribution < -0.4 is 5.50 Å². The Morgan fingerprint density at radius 1 is 0.500 bits per heavy atom. The SMILES string of the molecule is C.C.N#Cc1nc(Cl)c(Cl)c(Cl)c1Cl.N#Cc1nc(F)c(Cl)c(Cl)c1Cl.N#Cc1nc(F)c(Cl)c(Cl)c1F.NP(Cl)(Cl)(Cl)Cl. The average Bonchev–Trinajstić information content (AvgIpc) is 2.90. The molecule has 44 heavy (non-hydrogen) atoms. The van der Waals surface area contributed by atoms with Crippen molar-refractivity contribution in [1.29, 1.82) is 15.8 Å². The van der Waals surface area contributed by atoms with Gasteiger partial charge in [-0.15, -0.1) is 0 Å². The number of aromatic nitrogens is 3. The van der Waals surface area contributed by atoms with Crippen LogP contribution in [0.5, 0.6) is 0 Å². The van der Waals surface area contributed by atoms with Crippen LogP contribution in [0.15, 0.2) is 0 Å². The van der Waals surface area contributed by atoms with Gasteiger partial charge in [-0.2, -0.15) is 24.6 Å². The van der Waals surface area contributed by atoms with Gasteiger partial charge in [-0.25, -0.2) is 19.3 Å². The van der Waals surface area contributed by atoms with Crippen molar-refractivity contribution in [3.63, 3.8) is 0 Å². The number of hydrogen-bond acceptors (Lipinski definition) is 7. The summed E-state index contributed by atoms with van der Waals surface area (Å²) in [5.74, 6) is -3.26. The molecule has 0 bridgehead atoms. The number of hydrogen-bond donors (Lipinski definition) is 1. The minimum atomic E-state index is -3.66. The zero-order valence-electron chi connectivity index (χ0n) is 18.8. The van der Waals surface area contributed by atoms with Crippen LogP contribution in [0.1, 0.15) is 31.9 Å². The maximum absolute atomic E-state index is 12.8. The van der Waals surface area contributed by atoms with E-state index in [1.807, 2.05) is 0 Å². The van der Waals surface area contributed by atoms with Crippen molar-refractivity contribution in [2.24, 2.45) is 5.50 Å². The molecule has 0 aliphatic rings. The fraction of sp³-hybridized carbons (Fsp3) is 0.100. The van der Waals surface area contributed by atoms with E-state index in [2.05, 4.69) is 15.0 Å². The average molecular weight is 897 g/mol. The fourth-order valence-corrected chi connectivity index (χ4v) is 3.28. The molecule has 0 radical (unpaired) electrons. The molecule has 0 saturated heterocycles. The van der Waals surface area contributed by atoms with Crippen LogP contribution in [0.2, 0.25) is 45.3 Å². The molecule has 3 rings (SSSR count). The third-order valence-corrected chi connectivity index (χ3v) is 7.03. The summed E-state index contributed by atoms with van der Waals surface area (Å²) in [6.45, 7) is 0. The standard InChI is InChI=1S/C6Cl4N2.C6Cl3FN2.C6Cl2F2N2.2CH4.Cl4H2NP/c2*7-3-2(1-11)12-6(10)5(9)4(3)8;7-3-4(8)6(10)12-2(1-11)5(3)9;;;1-6(2,3,4)5/h;;;2*1H4;5H2. The Hall–Kier alpha value is -0.130. The second-order valence-corrected chi connectivity index (χ2v) is 22.7. The van der Waals surface area contributed by atoms with E-state index in [0.29, 0.717) is 0 Å². The van der Waals surface area contributed by atoms with Gasteiger partial charge in [-0.3, -0.25) is 0 Å². The summed E-state index contributed by atoms with van der Waals surface area (Å²) in [5, 5.41) is 23.3. The first-order chi connectivity index (χ1) is 19.0. The van der Waals surface area contributed by atoms with Gasteiger partial charge in [0.2, 0.25) is 11.9 Å². The maximum atomic E-state index is 12.8. The van der Waals surface area contributed by atoms with E-state index in [4.69, 9.17) is 171 Å². The first-order valence-electron chi connectivity index (χ1n) is 8.96. The summed E-state index contributed by atoms with van der Waals surface area (Å²) in [6, 6.07) is 4.65. The van der Waals surface area contributed by atoms with Gasteiger partial charge in [0.05, 0.1) is 25.1 Å². The van der Waals surface area contributed by atoms with E-state index >= 15 is 0 Å². The van der Waals surface area contributed by atoms with Crippen LogP contribution in [-0.2, 0) is 0 Å². The summed E-state index contributed by atoms with van der Waals surface area (Å²) >= 11 is 69.1. The monoisotopic (exact) mass is 891 g/mol. The van der Waals surface area contributed by atoms with Crippen molar-refractivity contribution in [3.8, 4) is 18.2 Å². The van der Waals surface area contributed by atoms with Gasteiger partial charge in [-0.05, 0) is 0 Å². The fourth-order valence-electron chi connectivity index (χ4n) is 1.68. The van der Waals surface area contributed by atoms with Crippen LogP contribution >= 0.6 is 154 Å². The molecule has 24 heteroatoms. The van der Waals surface area contributed by atoms with E-state index in [1.165, 1.54) is 6.07 Å². The summed E-state index contributed by atoms with van der Waals surface area (Å²) < 4.78 is 34.3. The molecule has 0 aliphatic heterocycles. The summed E-state index contributed by atoms with van der Waals surface area (Å²) in [7, 11) is 0. The van der Waals surface area contributed by atoms with Gasteiger partial charge in [0.1, 0.15) is 33.3 Å². The Labute approximate surface area is 313 Å². The van der Waals surface area contributed by atoms with E-state index in [-0.39, 0.29) is 61.5 Å². The molecule has 3 heterocycles. The van der Waals surface area contributed by atoms with E-state index < -0.39 is 37.6 Å². The Bertz CT molecular complexity index is 1440. The number of rotatable bonds is 0. The van der Waals surface area contributed by atoms with Crippen molar-refractivity contribution in [3.05, 3.63) is 80.1 Å². The van der Waals surface area contributed by atoms with Crippen LogP contribution in [0.3, 0.4) is 0 Å². The quantitative estimate of drug-likeness (QED) is 0.175. The third-order valence-electron chi connectivity index (χ3n) is 3.27. The van der Waals surface area contributed by atoms with Crippen LogP contribution in [0.25, 0.3) is 0 Å². The predicted molar refractivity (Wildman–Crippen MR) is 180 cm³/mol. The molecule has 0 amide bonds. The summed E-state index contributed by atoms with van der Waals surface area (Å²) in [5.41, 5.74) is 3.78. The summed E-state index contributed by atoms with van der Waals surface area (Å²) in [6.07, 6.45) is 0. The predicted octanol–water partition coefficient (Wildman–Crippen LogP) is 13.5. The van der Waals surface area contributed by atoms with E-state index in [9.17, 15) is 13.2 Å². The number of nitrogens with zero attached hydrogens (tertiary/aromatic N) is 6. The van der Waals surface area contributed by atoms with Gasteiger partial charge in [-0.1, -0.05) is 119 Å². The van der Waals surface area contributed by atoms with Crippen molar-refractivity contribution >= 4 is 154 Å². The normalized spacial score (nSPS) is 10.5. The zero-order chi connectivity index (χ0) is 33.4. The zero-order valence-corrected chi connectivity index (χ0v) is 29.5. The van der Waals surface area contributed by atoms with Crippen molar-refractivity contribution < 1.29 is 13.2 Å². The molecule has 0 aromatic carbocycles. The molecule has 2 N–H and O–H groups in total. The molecule has 242 valence electrons. The van der Waals surface area contributed by atoms with Gasteiger partial charge >= 0.3 is 54.6 Å². The molecule has 0 unspecified atom stereocenters. The van der Waals surface area contributed by atoms with Gasteiger partial charge in [0, 0.05) is 0 Å². The Morgan fingerprint density at radius 2 is 0.795 bits per heavy atom. The summed E-state index contributed by atoms with van der Waals surface area (Å²) in [4.78, 5) is 9.72. The minimum absolute atomic E-state index is 0. The van der Waals surface area contributed by atoms with Crippen molar-refractivity contribution in [2.45, 2.75) is 14.9 Å². The molecular formula is C20H10Cl13F3N7P. The Kier molecular flexibility index (Phi) is 22.3. The van der Waals surface area contributed by atoms with E-state index in [0.717, 1.165) is 0 Å². The van der Waals surface area contributed by atoms with Crippen molar-refractivity contribution in [2.75, 3.05) is 0 Å². The number of nitrogens with two attached hydrogens (primary N) is 1. The van der Waals surface area contributed by atoms with Gasteiger partial charge in [0.25, 0.3) is 0 Å². The third kappa shape index (κ3) is 16.1. The second-order valence-electron chi connectivity index (χ2n) is 6.19. The number of halogens is 16. The second kappa shape index (κ2) is 20.3. The molecule has 0 aliphatic carbocycles. The molecule has 3 aromatic heterocycles. The Balaban J connectivity index is -0.000000515. The van der Waals surface area contributed by atoms with Crippen LogP contribution in [0.4, 0.5) is 13.2 Å². The molecule has 7 nitrogen and oxygen atoms in total. The van der Waals surface area contributed by atoms with Crippen LogP contribution in [-0.4, -0.2) is 15.0 Å². The molecular weight excluding hydrogens is 887 g/mol. The first kappa shape index (κ1) is 48.3. The van der Waals surface area contributed by atoms with Crippen molar-refractivity contribution in [1.82, 2.24) is 15.0 Å².